The van der Waals surface area contributed by atoms with Crippen LogP contribution in [0.3, 0.4) is 0 Å². The third kappa shape index (κ3) is 3.94. The molecule has 7 heteroatoms. The van der Waals surface area contributed by atoms with Crippen LogP contribution in [0, 0.1) is 5.92 Å². The SMILES string of the molecule is COC(=O)C1CCN(C(=O)c2ccccc2NC(=O)c2cccs2)CC1. The van der Waals surface area contributed by atoms with Crippen molar-refractivity contribution in [3.8, 4) is 0 Å². The minimum Gasteiger partial charge on any atom is -0.469 e. The Balaban J connectivity index is 1.70. The Labute approximate surface area is 155 Å². The second-order valence-electron chi connectivity index (χ2n) is 6.07. The van der Waals surface area contributed by atoms with Gasteiger partial charge in [0.2, 0.25) is 0 Å². The fourth-order valence-corrected chi connectivity index (χ4v) is 3.64. The Hall–Kier alpha value is -2.67. The van der Waals surface area contributed by atoms with Crippen LogP contribution in [0.5, 0.6) is 0 Å². The van der Waals surface area contributed by atoms with Crippen molar-refractivity contribution in [1.82, 2.24) is 4.90 Å². The van der Waals surface area contributed by atoms with Crippen LogP contribution in [0.4, 0.5) is 5.69 Å². The van der Waals surface area contributed by atoms with Crippen LogP contribution >= 0.6 is 11.3 Å². The summed E-state index contributed by atoms with van der Waals surface area (Å²) < 4.78 is 4.78. The zero-order chi connectivity index (χ0) is 18.5. The minimum absolute atomic E-state index is 0.143. The molecule has 1 aromatic heterocycles. The second-order valence-corrected chi connectivity index (χ2v) is 7.01. The molecule has 1 aliphatic rings. The van der Waals surface area contributed by atoms with Crippen LogP contribution in [-0.2, 0) is 9.53 Å². The lowest BCUT2D eigenvalue weighted by Crippen LogP contribution is -2.40. The van der Waals surface area contributed by atoms with E-state index in [2.05, 4.69) is 5.32 Å². The number of amides is 2. The number of anilines is 1. The summed E-state index contributed by atoms with van der Waals surface area (Å²) >= 11 is 1.35. The van der Waals surface area contributed by atoms with Crippen molar-refractivity contribution in [2.45, 2.75) is 12.8 Å². The summed E-state index contributed by atoms with van der Waals surface area (Å²) in [6.07, 6.45) is 1.17. The van der Waals surface area contributed by atoms with Crippen LogP contribution in [-0.4, -0.2) is 42.9 Å². The van der Waals surface area contributed by atoms with Crippen molar-refractivity contribution in [2.75, 3.05) is 25.5 Å². The van der Waals surface area contributed by atoms with Crippen LogP contribution in [0.1, 0.15) is 32.9 Å². The number of esters is 1. The summed E-state index contributed by atoms with van der Waals surface area (Å²) in [6.45, 7) is 0.984. The molecule has 0 aliphatic carbocycles. The molecule has 1 aliphatic heterocycles. The van der Waals surface area contributed by atoms with E-state index in [9.17, 15) is 14.4 Å². The average Bonchev–Trinajstić information content (AvgIpc) is 3.22. The Morgan fingerprint density at radius 2 is 1.85 bits per heavy atom. The van der Waals surface area contributed by atoms with E-state index >= 15 is 0 Å². The van der Waals surface area contributed by atoms with E-state index in [1.54, 1.807) is 35.2 Å². The van der Waals surface area contributed by atoms with Crippen LogP contribution in [0.15, 0.2) is 41.8 Å². The fourth-order valence-electron chi connectivity index (χ4n) is 3.03. The molecule has 136 valence electrons. The number of carbonyl (C=O) groups excluding carboxylic acids is 3. The summed E-state index contributed by atoms with van der Waals surface area (Å²) in [5.74, 6) is -0.751. The lowest BCUT2D eigenvalue weighted by atomic mass is 9.96. The largest absolute Gasteiger partial charge is 0.469 e. The molecule has 1 aromatic carbocycles. The molecular weight excluding hydrogens is 352 g/mol. The van der Waals surface area contributed by atoms with Gasteiger partial charge in [0.05, 0.1) is 29.2 Å². The summed E-state index contributed by atoms with van der Waals surface area (Å²) in [6, 6.07) is 10.5. The van der Waals surface area contributed by atoms with E-state index in [4.69, 9.17) is 4.74 Å². The van der Waals surface area contributed by atoms with Crippen molar-refractivity contribution in [3.63, 3.8) is 0 Å². The number of benzene rings is 1. The van der Waals surface area contributed by atoms with E-state index in [1.807, 2.05) is 11.4 Å². The molecule has 1 fully saturated rings. The topological polar surface area (TPSA) is 75.7 Å². The first-order valence-electron chi connectivity index (χ1n) is 8.41. The summed E-state index contributed by atoms with van der Waals surface area (Å²) in [4.78, 5) is 39.1. The standard InChI is InChI=1S/C19H20N2O4S/c1-25-19(24)13-8-10-21(11-9-13)18(23)14-5-2-3-6-15(14)20-17(22)16-7-4-12-26-16/h2-7,12-13H,8-11H2,1H3,(H,20,22). The average molecular weight is 372 g/mol. The van der Waals surface area contributed by atoms with Gasteiger partial charge in [0.1, 0.15) is 0 Å². The molecule has 3 rings (SSSR count). The maximum absolute atomic E-state index is 12.9. The lowest BCUT2D eigenvalue weighted by Gasteiger charge is -2.31. The number of likely N-dealkylation sites (tertiary alicyclic amines) is 1. The summed E-state index contributed by atoms with van der Waals surface area (Å²) in [7, 11) is 1.38. The third-order valence-corrected chi connectivity index (χ3v) is 5.34. The monoisotopic (exact) mass is 372 g/mol. The Bertz CT molecular complexity index is 796. The van der Waals surface area contributed by atoms with Gasteiger partial charge in [0, 0.05) is 13.1 Å². The number of para-hydroxylation sites is 1. The molecule has 1 saturated heterocycles. The number of methoxy groups -OCH3 is 1. The number of hydrogen-bond donors (Lipinski definition) is 1. The van der Waals surface area contributed by atoms with Crippen molar-refractivity contribution in [1.29, 1.82) is 0 Å². The van der Waals surface area contributed by atoms with Gasteiger partial charge in [0.25, 0.3) is 11.8 Å². The molecule has 6 nitrogen and oxygen atoms in total. The summed E-state index contributed by atoms with van der Waals surface area (Å²) in [5, 5.41) is 4.65. The number of ether oxygens (including phenoxy) is 1. The Morgan fingerprint density at radius 1 is 1.12 bits per heavy atom. The van der Waals surface area contributed by atoms with E-state index in [-0.39, 0.29) is 23.7 Å². The fraction of sp³-hybridized carbons (Fsp3) is 0.316. The highest BCUT2D eigenvalue weighted by Crippen LogP contribution is 2.24. The minimum atomic E-state index is -0.232. The van der Waals surface area contributed by atoms with Crippen molar-refractivity contribution < 1.29 is 19.1 Å². The van der Waals surface area contributed by atoms with E-state index in [1.165, 1.54) is 18.4 Å². The molecule has 2 amide bonds. The maximum Gasteiger partial charge on any atom is 0.308 e. The normalized spacial score (nSPS) is 14.7. The molecule has 0 saturated carbocycles. The van der Waals surface area contributed by atoms with Crippen LogP contribution in [0.2, 0.25) is 0 Å². The maximum atomic E-state index is 12.9. The van der Waals surface area contributed by atoms with Gasteiger partial charge in [0.15, 0.2) is 0 Å². The molecule has 0 atom stereocenters. The first-order valence-corrected chi connectivity index (χ1v) is 9.29. The highest BCUT2D eigenvalue weighted by molar-refractivity contribution is 7.12. The second kappa shape index (κ2) is 8.14. The van der Waals surface area contributed by atoms with Gasteiger partial charge >= 0.3 is 5.97 Å². The third-order valence-electron chi connectivity index (χ3n) is 4.47. The van der Waals surface area contributed by atoms with Gasteiger partial charge in [-0.2, -0.15) is 0 Å². The quantitative estimate of drug-likeness (QED) is 0.837. The predicted molar refractivity (Wildman–Crippen MR) is 99.4 cm³/mol. The van der Waals surface area contributed by atoms with Crippen molar-refractivity contribution >= 4 is 34.8 Å². The number of nitrogens with one attached hydrogen (secondary N) is 1. The van der Waals surface area contributed by atoms with Gasteiger partial charge in [-0.3, -0.25) is 14.4 Å². The van der Waals surface area contributed by atoms with Gasteiger partial charge in [-0.05, 0) is 36.4 Å². The number of hydrogen-bond acceptors (Lipinski definition) is 5. The van der Waals surface area contributed by atoms with E-state index in [0.29, 0.717) is 42.1 Å². The molecule has 26 heavy (non-hydrogen) atoms. The summed E-state index contributed by atoms with van der Waals surface area (Å²) in [5.41, 5.74) is 0.944. The molecular formula is C19H20N2O4S. The Morgan fingerprint density at radius 3 is 2.50 bits per heavy atom. The zero-order valence-electron chi connectivity index (χ0n) is 14.4. The first kappa shape index (κ1) is 18.1. The molecule has 0 spiro atoms. The number of rotatable bonds is 4. The van der Waals surface area contributed by atoms with Crippen molar-refractivity contribution in [2.24, 2.45) is 5.92 Å². The van der Waals surface area contributed by atoms with Gasteiger partial charge < -0.3 is 15.0 Å². The lowest BCUT2D eigenvalue weighted by molar-refractivity contribution is -0.146. The number of carbonyl (C=O) groups is 3. The predicted octanol–water partition coefficient (Wildman–Crippen LogP) is 3.03. The van der Waals surface area contributed by atoms with E-state index in [0.717, 1.165) is 0 Å². The molecule has 0 bridgehead atoms. The Kier molecular flexibility index (Phi) is 5.68. The highest BCUT2D eigenvalue weighted by atomic mass is 32.1. The number of piperidine rings is 1. The van der Waals surface area contributed by atoms with E-state index < -0.39 is 0 Å². The van der Waals surface area contributed by atoms with Gasteiger partial charge in [-0.1, -0.05) is 18.2 Å². The van der Waals surface area contributed by atoms with Gasteiger partial charge in [-0.15, -0.1) is 11.3 Å². The zero-order valence-corrected chi connectivity index (χ0v) is 15.3. The number of thiophene rings is 1. The molecule has 1 N–H and O–H groups in total. The molecule has 0 radical (unpaired) electrons. The smallest absolute Gasteiger partial charge is 0.308 e. The molecule has 2 heterocycles. The number of nitrogens with zero attached hydrogens (tertiary/aromatic N) is 1. The highest BCUT2D eigenvalue weighted by Gasteiger charge is 2.29. The van der Waals surface area contributed by atoms with Gasteiger partial charge in [-0.25, -0.2) is 0 Å². The van der Waals surface area contributed by atoms with Crippen LogP contribution < -0.4 is 5.32 Å². The molecule has 0 unspecified atom stereocenters. The molecule has 2 aromatic rings. The van der Waals surface area contributed by atoms with Crippen LogP contribution in [0.25, 0.3) is 0 Å². The first-order chi connectivity index (χ1) is 12.6. The van der Waals surface area contributed by atoms with Crippen molar-refractivity contribution in [3.05, 3.63) is 52.2 Å².